The second-order valence-electron chi connectivity index (χ2n) is 10.7. The maximum atomic E-state index is 13.5. The highest BCUT2D eigenvalue weighted by Gasteiger charge is 2.55. The standard InChI is InChI=1S/C25H36N4O2.C2HF3O2/c1-18(2)29-15-23(26-17-29)22-14-28(16-25(22)11-6-12-27(5)24(25)30)13-20-7-9-21(10-8-20)31-19(3)4;3-2(4,5)1(6)7/h7-10,15,17-19,22H,6,11-14,16H2,1-5H3;(H,6,7). The predicted octanol–water partition coefficient (Wildman–Crippen LogP) is 4.72. The SMILES string of the molecule is CC(C)Oc1ccc(CN2CC(c3cn(C(C)C)cn3)C3(CCCN(C)C3=O)C2)cc1.O=C(O)C(F)(F)F. The van der Waals surface area contributed by atoms with Crippen molar-refractivity contribution in [2.24, 2.45) is 5.41 Å². The number of nitrogens with zero attached hydrogens (tertiary/aromatic N) is 4. The van der Waals surface area contributed by atoms with Crippen LogP contribution in [0.2, 0.25) is 0 Å². The molecule has 11 heteroatoms. The van der Waals surface area contributed by atoms with Crippen LogP contribution in [0, 0.1) is 5.41 Å². The Kier molecular flexibility index (Phi) is 9.12. The molecule has 1 N–H and O–H groups in total. The molecule has 0 aliphatic carbocycles. The van der Waals surface area contributed by atoms with Gasteiger partial charge in [-0.3, -0.25) is 9.69 Å². The number of alkyl halides is 3. The molecule has 8 nitrogen and oxygen atoms in total. The number of carboxylic acid groups (broad SMARTS) is 1. The quantitative estimate of drug-likeness (QED) is 0.573. The van der Waals surface area contributed by atoms with Crippen LogP contribution in [0.4, 0.5) is 13.2 Å². The van der Waals surface area contributed by atoms with Crippen LogP contribution in [0.1, 0.15) is 63.8 Å². The number of likely N-dealkylation sites (tertiary alicyclic amines) is 2. The van der Waals surface area contributed by atoms with Gasteiger partial charge in [-0.15, -0.1) is 0 Å². The van der Waals surface area contributed by atoms with Crippen molar-refractivity contribution in [3.8, 4) is 5.75 Å². The molecule has 1 amide bonds. The van der Waals surface area contributed by atoms with Gasteiger partial charge < -0.3 is 19.3 Å². The van der Waals surface area contributed by atoms with Gasteiger partial charge >= 0.3 is 12.1 Å². The molecular formula is C27H37F3N4O4. The maximum Gasteiger partial charge on any atom is 0.490 e. The first kappa shape index (κ1) is 29.5. The molecule has 210 valence electrons. The number of carboxylic acids is 1. The van der Waals surface area contributed by atoms with Crippen molar-refractivity contribution < 1.29 is 32.6 Å². The molecule has 4 rings (SSSR count). The number of piperidine rings is 1. The second-order valence-corrected chi connectivity index (χ2v) is 10.7. The van der Waals surface area contributed by atoms with E-state index in [2.05, 4.69) is 41.6 Å². The molecule has 2 aromatic rings. The summed E-state index contributed by atoms with van der Waals surface area (Å²) in [6.07, 6.45) is 1.15. The number of hydrogen-bond donors (Lipinski definition) is 1. The van der Waals surface area contributed by atoms with Crippen molar-refractivity contribution in [3.05, 3.63) is 48.0 Å². The average Bonchev–Trinajstić information content (AvgIpc) is 3.44. The van der Waals surface area contributed by atoms with Crippen molar-refractivity contribution in [1.82, 2.24) is 19.4 Å². The number of benzene rings is 1. The van der Waals surface area contributed by atoms with E-state index in [-0.39, 0.29) is 23.3 Å². The van der Waals surface area contributed by atoms with E-state index >= 15 is 0 Å². The number of rotatable bonds is 6. The molecule has 0 radical (unpaired) electrons. The summed E-state index contributed by atoms with van der Waals surface area (Å²) in [6.45, 7) is 11.7. The number of ether oxygens (including phenoxy) is 1. The lowest BCUT2D eigenvalue weighted by atomic mass is 9.70. The highest BCUT2D eigenvalue weighted by atomic mass is 19.4. The fourth-order valence-corrected chi connectivity index (χ4v) is 5.21. The summed E-state index contributed by atoms with van der Waals surface area (Å²) in [6, 6.07) is 8.73. The summed E-state index contributed by atoms with van der Waals surface area (Å²) >= 11 is 0. The van der Waals surface area contributed by atoms with E-state index in [0.29, 0.717) is 6.04 Å². The third-order valence-electron chi connectivity index (χ3n) is 7.02. The van der Waals surface area contributed by atoms with E-state index in [1.807, 2.05) is 44.3 Å². The molecule has 1 aromatic carbocycles. The van der Waals surface area contributed by atoms with Crippen molar-refractivity contribution in [1.29, 1.82) is 0 Å². The van der Waals surface area contributed by atoms with Gasteiger partial charge in [0, 0.05) is 51.4 Å². The van der Waals surface area contributed by atoms with Crippen LogP contribution < -0.4 is 4.74 Å². The minimum atomic E-state index is -5.08. The zero-order valence-corrected chi connectivity index (χ0v) is 22.5. The summed E-state index contributed by atoms with van der Waals surface area (Å²) in [5.74, 6) is -1.44. The molecule has 2 unspecified atom stereocenters. The highest BCUT2D eigenvalue weighted by Crippen LogP contribution is 2.49. The van der Waals surface area contributed by atoms with Gasteiger partial charge in [0.15, 0.2) is 0 Å². The summed E-state index contributed by atoms with van der Waals surface area (Å²) in [4.78, 5) is 31.5. The number of imidazole rings is 1. The number of hydrogen-bond acceptors (Lipinski definition) is 5. The van der Waals surface area contributed by atoms with Gasteiger partial charge in [-0.25, -0.2) is 9.78 Å². The minimum absolute atomic E-state index is 0.131. The molecule has 38 heavy (non-hydrogen) atoms. The van der Waals surface area contributed by atoms with Gasteiger partial charge in [0.2, 0.25) is 5.91 Å². The zero-order valence-electron chi connectivity index (χ0n) is 22.5. The van der Waals surface area contributed by atoms with Crippen LogP contribution in [0.15, 0.2) is 36.8 Å². The number of amides is 1. The first-order valence-corrected chi connectivity index (χ1v) is 12.8. The highest BCUT2D eigenvalue weighted by molar-refractivity contribution is 5.85. The molecule has 1 spiro atoms. The molecular weight excluding hydrogens is 501 g/mol. The van der Waals surface area contributed by atoms with E-state index in [9.17, 15) is 18.0 Å². The van der Waals surface area contributed by atoms with Crippen LogP contribution in [-0.4, -0.2) is 75.3 Å². The molecule has 2 aliphatic heterocycles. The van der Waals surface area contributed by atoms with E-state index in [1.54, 1.807) is 0 Å². The molecule has 0 bridgehead atoms. The fraction of sp³-hybridized carbons (Fsp3) is 0.593. The Morgan fingerprint density at radius 1 is 1.21 bits per heavy atom. The van der Waals surface area contributed by atoms with Crippen molar-refractivity contribution in [2.75, 3.05) is 26.7 Å². The Labute approximate surface area is 221 Å². The first-order chi connectivity index (χ1) is 17.7. The van der Waals surface area contributed by atoms with E-state index < -0.39 is 12.1 Å². The monoisotopic (exact) mass is 538 g/mol. The van der Waals surface area contributed by atoms with Crippen molar-refractivity contribution >= 4 is 11.9 Å². The normalized spacial score (nSPS) is 22.2. The van der Waals surface area contributed by atoms with Crippen LogP contribution in [0.3, 0.4) is 0 Å². The van der Waals surface area contributed by atoms with Gasteiger partial charge in [0.1, 0.15) is 5.75 Å². The Balaban J connectivity index is 0.000000505. The van der Waals surface area contributed by atoms with E-state index in [1.165, 1.54) is 5.56 Å². The summed E-state index contributed by atoms with van der Waals surface area (Å²) < 4.78 is 39.7. The third kappa shape index (κ3) is 6.86. The Morgan fingerprint density at radius 3 is 2.37 bits per heavy atom. The topological polar surface area (TPSA) is 87.9 Å². The van der Waals surface area contributed by atoms with Crippen LogP contribution >= 0.6 is 0 Å². The van der Waals surface area contributed by atoms with Crippen molar-refractivity contribution in [2.45, 2.75) is 71.3 Å². The lowest BCUT2D eigenvalue weighted by molar-refractivity contribution is -0.192. The molecule has 2 atom stereocenters. The molecule has 0 saturated carbocycles. The number of carbonyl (C=O) groups excluding carboxylic acids is 1. The van der Waals surface area contributed by atoms with Gasteiger partial charge in [-0.1, -0.05) is 12.1 Å². The summed E-state index contributed by atoms with van der Waals surface area (Å²) in [5, 5.41) is 7.12. The average molecular weight is 539 g/mol. The Bertz CT molecular complexity index is 1100. The maximum absolute atomic E-state index is 13.5. The Morgan fingerprint density at radius 2 is 1.84 bits per heavy atom. The smallest absolute Gasteiger partial charge is 0.490 e. The minimum Gasteiger partial charge on any atom is -0.491 e. The number of aliphatic carboxylic acids is 1. The summed E-state index contributed by atoms with van der Waals surface area (Å²) in [5.41, 5.74) is 1.93. The largest absolute Gasteiger partial charge is 0.491 e. The number of aromatic nitrogens is 2. The predicted molar refractivity (Wildman–Crippen MR) is 136 cm³/mol. The third-order valence-corrected chi connectivity index (χ3v) is 7.02. The zero-order chi connectivity index (χ0) is 28.3. The van der Waals surface area contributed by atoms with E-state index in [0.717, 1.165) is 50.5 Å². The molecule has 2 aliphatic rings. The van der Waals surface area contributed by atoms with Gasteiger partial charge in [0.25, 0.3) is 0 Å². The molecule has 2 saturated heterocycles. The summed E-state index contributed by atoms with van der Waals surface area (Å²) in [7, 11) is 1.95. The molecule has 2 fully saturated rings. The molecule has 3 heterocycles. The number of carbonyl (C=O) groups is 2. The van der Waals surface area contributed by atoms with Crippen LogP contribution in [0.25, 0.3) is 0 Å². The van der Waals surface area contributed by atoms with Crippen LogP contribution in [0.5, 0.6) is 5.75 Å². The first-order valence-electron chi connectivity index (χ1n) is 12.8. The second kappa shape index (κ2) is 11.8. The van der Waals surface area contributed by atoms with Gasteiger partial charge in [-0.05, 0) is 58.2 Å². The fourth-order valence-electron chi connectivity index (χ4n) is 5.21. The van der Waals surface area contributed by atoms with Crippen molar-refractivity contribution in [3.63, 3.8) is 0 Å². The molecule has 1 aromatic heterocycles. The number of halogens is 3. The lowest BCUT2D eigenvalue weighted by Crippen LogP contribution is -2.50. The van der Waals surface area contributed by atoms with Gasteiger partial charge in [0.05, 0.1) is 23.5 Å². The Hall–Kier alpha value is -3.08. The lowest BCUT2D eigenvalue weighted by Gasteiger charge is -2.40. The van der Waals surface area contributed by atoms with E-state index in [4.69, 9.17) is 19.6 Å². The van der Waals surface area contributed by atoms with Crippen LogP contribution in [-0.2, 0) is 16.1 Å². The van der Waals surface area contributed by atoms with Gasteiger partial charge in [-0.2, -0.15) is 13.2 Å².